The molecule has 2 N–H and O–H groups in total. The summed E-state index contributed by atoms with van der Waals surface area (Å²) in [5.74, 6) is 1.29. The lowest BCUT2D eigenvalue weighted by Gasteiger charge is -2.10. The average Bonchev–Trinajstić information content (AvgIpc) is 3.21. The molecular weight excluding hydrogens is 437 g/mol. The van der Waals surface area contributed by atoms with Crippen LogP contribution in [-0.4, -0.2) is 39.3 Å². The van der Waals surface area contributed by atoms with E-state index in [1.165, 1.54) is 0 Å². The molecule has 7 nitrogen and oxygen atoms in total. The first kappa shape index (κ1) is 20.8. The SMILES string of the molecule is CN=C(NCCCCn1cnnc1)NCc1nc(C(C)C)cs1.I. The fraction of sp³-hybridized carbons (Fsp3) is 0.600. The van der Waals surface area contributed by atoms with Crippen LogP contribution >= 0.6 is 35.3 Å². The van der Waals surface area contributed by atoms with Crippen molar-refractivity contribution in [2.75, 3.05) is 13.6 Å². The molecular formula is C15H26IN7S. The minimum atomic E-state index is 0. The second-order valence-corrected chi connectivity index (χ2v) is 6.52. The highest BCUT2D eigenvalue weighted by Crippen LogP contribution is 2.17. The van der Waals surface area contributed by atoms with Crippen LogP contribution in [0.3, 0.4) is 0 Å². The summed E-state index contributed by atoms with van der Waals surface area (Å²) in [5, 5.41) is 17.4. The smallest absolute Gasteiger partial charge is 0.191 e. The quantitative estimate of drug-likeness (QED) is 0.272. The standard InChI is InChI=1S/C15H25N7S.HI/c1-12(2)13-9-23-14(21-13)8-18-15(16-3)17-6-4-5-7-22-10-19-20-11-22;/h9-12H,4-8H2,1-3H3,(H2,16,17,18);1H. The average molecular weight is 463 g/mol. The molecule has 0 spiro atoms. The van der Waals surface area contributed by atoms with Crippen molar-refractivity contribution in [2.24, 2.45) is 4.99 Å². The Bertz CT molecular complexity index is 595. The number of hydrogen-bond donors (Lipinski definition) is 2. The molecule has 24 heavy (non-hydrogen) atoms. The van der Waals surface area contributed by atoms with Crippen LogP contribution in [0.15, 0.2) is 23.0 Å². The van der Waals surface area contributed by atoms with Gasteiger partial charge in [-0.3, -0.25) is 4.99 Å². The molecule has 0 aliphatic rings. The molecule has 0 amide bonds. The van der Waals surface area contributed by atoms with Gasteiger partial charge >= 0.3 is 0 Å². The highest BCUT2D eigenvalue weighted by Gasteiger charge is 2.06. The Labute approximate surface area is 164 Å². The van der Waals surface area contributed by atoms with E-state index in [1.807, 2.05) is 4.57 Å². The Morgan fingerprint density at radius 3 is 2.62 bits per heavy atom. The molecule has 0 radical (unpaired) electrons. The van der Waals surface area contributed by atoms with Gasteiger partial charge in [0.05, 0.1) is 12.2 Å². The highest BCUT2D eigenvalue weighted by molar-refractivity contribution is 14.0. The van der Waals surface area contributed by atoms with Crippen LogP contribution in [0.5, 0.6) is 0 Å². The molecule has 2 aromatic heterocycles. The summed E-state index contributed by atoms with van der Waals surface area (Å²) < 4.78 is 1.99. The zero-order chi connectivity index (χ0) is 16.5. The van der Waals surface area contributed by atoms with Crippen LogP contribution in [-0.2, 0) is 13.1 Å². The maximum absolute atomic E-state index is 4.61. The van der Waals surface area contributed by atoms with Crippen molar-refractivity contribution in [3.05, 3.63) is 28.7 Å². The Morgan fingerprint density at radius 2 is 2.00 bits per heavy atom. The van der Waals surface area contributed by atoms with Gasteiger partial charge < -0.3 is 15.2 Å². The Balaban J connectivity index is 0.00000288. The van der Waals surface area contributed by atoms with Gasteiger partial charge in [-0.25, -0.2) is 4.98 Å². The molecule has 0 atom stereocenters. The first-order valence-corrected chi connectivity index (χ1v) is 8.78. The largest absolute Gasteiger partial charge is 0.356 e. The minimum Gasteiger partial charge on any atom is -0.356 e. The van der Waals surface area contributed by atoms with E-state index < -0.39 is 0 Å². The van der Waals surface area contributed by atoms with Gasteiger partial charge in [-0.15, -0.1) is 45.5 Å². The Morgan fingerprint density at radius 1 is 1.25 bits per heavy atom. The molecule has 0 aliphatic heterocycles. The predicted octanol–water partition coefficient (Wildman–Crippen LogP) is 2.62. The van der Waals surface area contributed by atoms with Crippen molar-refractivity contribution in [1.82, 2.24) is 30.4 Å². The number of rotatable bonds is 8. The normalized spacial score (nSPS) is 11.4. The van der Waals surface area contributed by atoms with E-state index in [2.05, 4.69) is 50.0 Å². The third kappa shape index (κ3) is 7.12. The van der Waals surface area contributed by atoms with Crippen molar-refractivity contribution in [3.8, 4) is 0 Å². The molecule has 2 rings (SSSR count). The lowest BCUT2D eigenvalue weighted by molar-refractivity contribution is 0.597. The van der Waals surface area contributed by atoms with Gasteiger partial charge in [0, 0.05) is 25.5 Å². The second-order valence-electron chi connectivity index (χ2n) is 5.58. The van der Waals surface area contributed by atoms with Crippen LogP contribution in [0.2, 0.25) is 0 Å². The maximum atomic E-state index is 4.61. The van der Waals surface area contributed by atoms with E-state index in [0.717, 1.165) is 42.6 Å². The van der Waals surface area contributed by atoms with Gasteiger partial charge in [0.1, 0.15) is 17.7 Å². The maximum Gasteiger partial charge on any atom is 0.191 e. The molecule has 0 bridgehead atoms. The zero-order valence-electron chi connectivity index (χ0n) is 14.4. The molecule has 2 aromatic rings. The summed E-state index contributed by atoms with van der Waals surface area (Å²) in [6.07, 6.45) is 5.63. The lowest BCUT2D eigenvalue weighted by atomic mass is 10.2. The lowest BCUT2D eigenvalue weighted by Crippen LogP contribution is -2.37. The summed E-state index contributed by atoms with van der Waals surface area (Å²) >= 11 is 1.69. The van der Waals surface area contributed by atoms with Gasteiger partial charge in [0.15, 0.2) is 5.96 Å². The molecule has 0 saturated carbocycles. The van der Waals surface area contributed by atoms with Gasteiger partial charge in [-0.1, -0.05) is 13.8 Å². The molecule has 0 fully saturated rings. The van der Waals surface area contributed by atoms with Crippen LogP contribution in [0, 0.1) is 0 Å². The molecule has 0 unspecified atom stereocenters. The number of unbranched alkanes of at least 4 members (excludes halogenated alkanes) is 1. The zero-order valence-corrected chi connectivity index (χ0v) is 17.5. The first-order chi connectivity index (χ1) is 11.2. The number of hydrogen-bond acceptors (Lipinski definition) is 5. The molecule has 0 aromatic carbocycles. The Hall–Kier alpha value is -1.23. The van der Waals surface area contributed by atoms with Gasteiger partial charge in [-0.2, -0.15) is 0 Å². The van der Waals surface area contributed by atoms with E-state index >= 15 is 0 Å². The summed E-state index contributed by atoms with van der Waals surface area (Å²) in [6.45, 7) is 6.85. The first-order valence-electron chi connectivity index (χ1n) is 7.90. The van der Waals surface area contributed by atoms with Gasteiger partial charge in [0.2, 0.25) is 0 Å². The van der Waals surface area contributed by atoms with Crippen molar-refractivity contribution >= 4 is 41.3 Å². The third-order valence-corrected chi connectivity index (χ3v) is 4.26. The van der Waals surface area contributed by atoms with Crippen LogP contribution < -0.4 is 10.6 Å². The summed E-state index contributed by atoms with van der Waals surface area (Å²) in [7, 11) is 1.79. The van der Waals surface area contributed by atoms with Crippen LogP contribution in [0.1, 0.15) is 43.3 Å². The predicted molar refractivity (Wildman–Crippen MR) is 109 cm³/mol. The second kappa shape index (κ2) is 11.3. The molecule has 9 heteroatoms. The number of aryl methyl sites for hydroxylation is 1. The molecule has 0 aliphatic carbocycles. The van der Waals surface area contributed by atoms with Gasteiger partial charge in [-0.05, 0) is 18.8 Å². The number of halogens is 1. The fourth-order valence-electron chi connectivity index (χ4n) is 2.02. The summed E-state index contributed by atoms with van der Waals surface area (Å²) in [5.41, 5.74) is 1.16. The number of thiazole rings is 1. The number of aliphatic imine (C=N–C) groups is 1. The minimum absolute atomic E-state index is 0. The van der Waals surface area contributed by atoms with E-state index in [1.54, 1.807) is 31.0 Å². The van der Waals surface area contributed by atoms with Crippen molar-refractivity contribution in [2.45, 2.75) is 45.7 Å². The number of nitrogens with zero attached hydrogens (tertiary/aromatic N) is 5. The van der Waals surface area contributed by atoms with Crippen molar-refractivity contribution < 1.29 is 0 Å². The van der Waals surface area contributed by atoms with E-state index in [4.69, 9.17) is 0 Å². The van der Waals surface area contributed by atoms with Crippen LogP contribution in [0.25, 0.3) is 0 Å². The van der Waals surface area contributed by atoms with E-state index in [9.17, 15) is 0 Å². The fourth-order valence-corrected chi connectivity index (χ4v) is 2.91. The van der Waals surface area contributed by atoms with Crippen molar-refractivity contribution in [3.63, 3.8) is 0 Å². The molecule has 2 heterocycles. The molecule has 0 saturated heterocycles. The topological polar surface area (TPSA) is 80.0 Å². The number of nitrogens with one attached hydrogen (secondary N) is 2. The monoisotopic (exact) mass is 463 g/mol. The van der Waals surface area contributed by atoms with Crippen LogP contribution in [0.4, 0.5) is 0 Å². The highest BCUT2D eigenvalue weighted by atomic mass is 127. The van der Waals surface area contributed by atoms with Crippen molar-refractivity contribution in [1.29, 1.82) is 0 Å². The third-order valence-electron chi connectivity index (χ3n) is 3.39. The summed E-state index contributed by atoms with van der Waals surface area (Å²) in [4.78, 5) is 8.85. The van der Waals surface area contributed by atoms with E-state index in [0.29, 0.717) is 12.5 Å². The number of aromatic nitrogens is 4. The Kier molecular flexibility index (Phi) is 9.84. The van der Waals surface area contributed by atoms with Gasteiger partial charge in [0.25, 0.3) is 0 Å². The van der Waals surface area contributed by atoms with E-state index in [-0.39, 0.29) is 24.0 Å². The molecule has 134 valence electrons. The number of guanidine groups is 1. The summed E-state index contributed by atoms with van der Waals surface area (Å²) in [6, 6.07) is 0.